The van der Waals surface area contributed by atoms with Crippen LogP contribution < -0.4 is 5.32 Å². The number of halogens is 1. The fourth-order valence-electron chi connectivity index (χ4n) is 2.58. The fourth-order valence-corrected chi connectivity index (χ4v) is 2.77. The zero-order chi connectivity index (χ0) is 13.0. The summed E-state index contributed by atoms with van der Waals surface area (Å²) in [5.74, 6) is 0.339. The van der Waals surface area contributed by atoms with Crippen molar-refractivity contribution in [2.75, 3.05) is 25.1 Å². The first kappa shape index (κ1) is 13.7. The van der Waals surface area contributed by atoms with Gasteiger partial charge in [-0.25, -0.2) is 0 Å². The van der Waals surface area contributed by atoms with Crippen molar-refractivity contribution >= 4 is 17.3 Å². The maximum atomic E-state index is 9.82. The molecule has 1 aliphatic heterocycles. The predicted octanol–water partition coefficient (Wildman–Crippen LogP) is 2.93. The molecule has 3 nitrogen and oxygen atoms in total. The highest BCUT2D eigenvalue weighted by Gasteiger charge is 2.38. The van der Waals surface area contributed by atoms with Gasteiger partial charge in [-0.1, -0.05) is 24.6 Å². The molecular weight excluding hydrogens is 250 g/mol. The van der Waals surface area contributed by atoms with Crippen molar-refractivity contribution in [2.45, 2.75) is 25.3 Å². The predicted molar refractivity (Wildman–Crippen MR) is 74.1 cm³/mol. The van der Waals surface area contributed by atoms with Crippen molar-refractivity contribution in [2.24, 2.45) is 5.92 Å². The topological polar surface area (TPSA) is 41.5 Å². The molecule has 4 heteroatoms. The van der Waals surface area contributed by atoms with E-state index in [0.29, 0.717) is 17.5 Å². The number of anilines is 1. The molecule has 0 aromatic heterocycles. The van der Waals surface area contributed by atoms with Gasteiger partial charge in [0.25, 0.3) is 0 Å². The van der Waals surface area contributed by atoms with Crippen LogP contribution in [0.3, 0.4) is 0 Å². The van der Waals surface area contributed by atoms with Crippen LogP contribution in [0.15, 0.2) is 24.3 Å². The van der Waals surface area contributed by atoms with Crippen LogP contribution in [0, 0.1) is 5.92 Å². The van der Waals surface area contributed by atoms with Gasteiger partial charge in [0.15, 0.2) is 0 Å². The molecular formula is C14H20ClNO2. The van der Waals surface area contributed by atoms with E-state index >= 15 is 0 Å². The molecule has 2 rings (SSSR count). The summed E-state index contributed by atoms with van der Waals surface area (Å²) in [6.07, 6.45) is 1.84. The Labute approximate surface area is 113 Å². The van der Waals surface area contributed by atoms with E-state index in [1.807, 2.05) is 24.3 Å². The molecule has 18 heavy (non-hydrogen) atoms. The molecule has 0 saturated carbocycles. The minimum atomic E-state index is -0.318. The van der Waals surface area contributed by atoms with Crippen LogP contribution >= 0.6 is 11.6 Å². The van der Waals surface area contributed by atoms with Crippen molar-refractivity contribution in [1.29, 1.82) is 0 Å². The Bertz CT molecular complexity index is 387. The van der Waals surface area contributed by atoms with Crippen LogP contribution in [-0.2, 0) is 4.74 Å². The Morgan fingerprint density at radius 3 is 2.94 bits per heavy atom. The van der Waals surface area contributed by atoms with E-state index in [1.165, 1.54) is 0 Å². The van der Waals surface area contributed by atoms with Crippen LogP contribution in [0.2, 0.25) is 5.02 Å². The van der Waals surface area contributed by atoms with E-state index < -0.39 is 0 Å². The molecule has 0 bridgehead atoms. The molecule has 2 atom stereocenters. The molecule has 1 heterocycles. The van der Waals surface area contributed by atoms with E-state index in [9.17, 15) is 5.11 Å². The first-order valence-corrected chi connectivity index (χ1v) is 6.80. The van der Waals surface area contributed by atoms with Crippen molar-refractivity contribution < 1.29 is 9.84 Å². The van der Waals surface area contributed by atoms with Gasteiger partial charge in [0.2, 0.25) is 0 Å². The van der Waals surface area contributed by atoms with E-state index in [0.717, 1.165) is 25.1 Å². The Hall–Kier alpha value is -0.770. The van der Waals surface area contributed by atoms with Crippen molar-refractivity contribution in [3.8, 4) is 0 Å². The highest BCUT2D eigenvalue weighted by atomic mass is 35.5. The summed E-state index contributed by atoms with van der Waals surface area (Å²) in [6, 6.07) is 7.62. The zero-order valence-electron chi connectivity index (χ0n) is 10.7. The summed E-state index contributed by atoms with van der Waals surface area (Å²) >= 11 is 5.99. The molecule has 0 spiro atoms. The summed E-state index contributed by atoms with van der Waals surface area (Å²) < 4.78 is 5.45. The normalized spacial score (nSPS) is 22.7. The molecule has 0 aliphatic carbocycles. The lowest BCUT2D eigenvalue weighted by Crippen LogP contribution is -2.49. The molecule has 2 N–H and O–H groups in total. The lowest BCUT2D eigenvalue weighted by Gasteiger charge is -2.38. The standard InChI is InChI=1S/C14H20ClNO2/c1-2-14(10-17,11-6-7-18-9-11)16-13-5-3-4-12(15)8-13/h3-5,8,11,16-17H,2,6-7,9-10H2,1H3. The van der Waals surface area contributed by atoms with E-state index in [2.05, 4.69) is 12.2 Å². The van der Waals surface area contributed by atoms with Gasteiger partial charge in [-0.05, 0) is 31.0 Å². The molecule has 1 fully saturated rings. The smallest absolute Gasteiger partial charge is 0.0665 e. The van der Waals surface area contributed by atoms with E-state index in [4.69, 9.17) is 16.3 Å². The molecule has 0 amide bonds. The summed E-state index contributed by atoms with van der Waals surface area (Å²) in [4.78, 5) is 0. The summed E-state index contributed by atoms with van der Waals surface area (Å²) in [7, 11) is 0. The number of aliphatic hydroxyl groups is 1. The van der Waals surface area contributed by atoms with Crippen LogP contribution in [0.25, 0.3) is 0 Å². The molecule has 1 aliphatic rings. The summed E-state index contributed by atoms with van der Waals surface area (Å²) in [5, 5.41) is 14.0. The monoisotopic (exact) mass is 269 g/mol. The maximum Gasteiger partial charge on any atom is 0.0665 e. The molecule has 100 valence electrons. The third-order valence-corrected chi connectivity index (χ3v) is 4.08. The number of nitrogens with one attached hydrogen (secondary N) is 1. The van der Waals surface area contributed by atoms with Crippen LogP contribution in [0.5, 0.6) is 0 Å². The van der Waals surface area contributed by atoms with Gasteiger partial charge in [-0.3, -0.25) is 0 Å². The van der Waals surface area contributed by atoms with Crippen molar-refractivity contribution in [1.82, 2.24) is 0 Å². The zero-order valence-corrected chi connectivity index (χ0v) is 11.4. The van der Waals surface area contributed by atoms with Gasteiger partial charge in [-0.15, -0.1) is 0 Å². The summed E-state index contributed by atoms with van der Waals surface area (Å²) in [5.41, 5.74) is 0.631. The number of benzene rings is 1. The molecule has 1 aromatic rings. The number of rotatable bonds is 5. The quantitative estimate of drug-likeness (QED) is 0.864. The number of aliphatic hydroxyl groups excluding tert-OH is 1. The second-order valence-corrected chi connectivity index (χ2v) is 5.30. The van der Waals surface area contributed by atoms with E-state index in [1.54, 1.807) is 0 Å². The summed E-state index contributed by atoms with van der Waals surface area (Å²) in [6.45, 7) is 3.68. The van der Waals surface area contributed by atoms with Gasteiger partial charge < -0.3 is 15.2 Å². The number of hydrogen-bond donors (Lipinski definition) is 2. The third kappa shape index (κ3) is 2.79. The minimum Gasteiger partial charge on any atom is -0.394 e. The second kappa shape index (κ2) is 5.91. The fraction of sp³-hybridized carbons (Fsp3) is 0.571. The lowest BCUT2D eigenvalue weighted by molar-refractivity contribution is 0.125. The molecule has 2 unspecified atom stereocenters. The van der Waals surface area contributed by atoms with Crippen molar-refractivity contribution in [3.63, 3.8) is 0 Å². The first-order chi connectivity index (χ1) is 8.70. The Morgan fingerprint density at radius 2 is 2.39 bits per heavy atom. The first-order valence-electron chi connectivity index (χ1n) is 6.42. The van der Waals surface area contributed by atoms with Gasteiger partial charge in [0, 0.05) is 23.2 Å². The minimum absolute atomic E-state index is 0.101. The van der Waals surface area contributed by atoms with E-state index in [-0.39, 0.29) is 12.1 Å². The van der Waals surface area contributed by atoms with Gasteiger partial charge in [0.05, 0.1) is 18.8 Å². The average molecular weight is 270 g/mol. The molecule has 0 radical (unpaired) electrons. The van der Waals surface area contributed by atoms with Gasteiger partial charge in [0.1, 0.15) is 0 Å². The average Bonchev–Trinajstić information content (AvgIpc) is 2.90. The van der Waals surface area contributed by atoms with Gasteiger partial charge in [-0.2, -0.15) is 0 Å². The second-order valence-electron chi connectivity index (χ2n) is 4.86. The Kier molecular flexibility index (Phi) is 4.49. The third-order valence-electron chi connectivity index (χ3n) is 3.84. The number of hydrogen-bond acceptors (Lipinski definition) is 3. The Balaban J connectivity index is 2.19. The highest BCUT2D eigenvalue weighted by Crippen LogP contribution is 2.32. The largest absolute Gasteiger partial charge is 0.394 e. The van der Waals surface area contributed by atoms with Gasteiger partial charge >= 0.3 is 0 Å². The Morgan fingerprint density at radius 1 is 1.56 bits per heavy atom. The molecule has 1 aromatic carbocycles. The SMILES string of the molecule is CCC(CO)(Nc1cccc(Cl)c1)C1CCOC1. The highest BCUT2D eigenvalue weighted by molar-refractivity contribution is 6.30. The number of ether oxygens (including phenoxy) is 1. The van der Waals surface area contributed by atoms with Crippen LogP contribution in [-0.4, -0.2) is 30.5 Å². The van der Waals surface area contributed by atoms with Crippen LogP contribution in [0.1, 0.15) is 19.8 Å². The lowest BCUT2D eigenvalue weighted by atomic mass is 9.81. The maximum absolute atomic E-state index is 9.82. The van der Waals surface area contributed by atoms with Crippen LogP contribution in [0.4, 0.5) is 5.69 Å². The molecule has 1 saturated heterocycles. The van der Waals surface area contributed by atoms with Crippen molar-refractivity contribution in [3.05, 3.63) is 29.3 Å².